The average molecular weight is 118 g/mol. The van der Waals surface area contributed by atoms with Gasteiger partial charge in [0.25, 0.3) is 0 Å². The molecule has 0 rings (SSSR count). The Hall–Kier alpha value is 2.21. The standard InChI is InChI=1S/ClH.2Na.H2O2.2H/c;;;1-2;;/h1H;;;1-2H;;/q;2*+1;;2*-1. The van der Waals surface area contributed by atoms with Crippen LogP contribution in [-0.4, -0.2) is 10.5 Å². The second-order valence-corrected chi connectivity index (χ2v) is 0. The minimum atomic E-state index is 0. The van der Waals surface area contributed by atoms with Crippen molar-refractivity contribution in [3.8, 4) is 0 Å². The van der Waals surface area contributed by atoms with Crippen molar-refractivity contribution in [2.24, 2.45) is 0 Å². The van der Waals surface area contributed by atoms with Crippen LogP contribution in [0.3, 0.4) is 0 Å². The van der Waals surface area contributed by atoms with Gasteiger partial charge in [-0.25, -0.2) is 0 Å². The van der Waals surface area contributed by atoms with Crippen LogP contribution in [0.2, 0.25) is 0 Å². The van der Waals surface area contributed by atoms with Gasteiger partial charge in [-0.1, -0.05) is 0 Å². The molecule has 0 saturated heterocycles. The normalized spacial score (nSPS) is 1.20. The Bertz CT molecular complexity index is 13.7. The van der Waals surface area contributed by atoms with Crippen LogP contribution >= 0.6 is 12.4 Å². The molecule has 2 N–H and O–H groups in total. The summed E-state index contributed by atoms with van der Waals surface area (Å²) in [7, 11) is 0. The van der Waals surface area contributed by atoms with Crippen molar-refractivity contribution in [2.45, 2.75) is 0 Å². The monoisotopic (exact) mass is 118 g/mol. The van der Waals surface area contributed by atoms with Gasteiger partial charge in [0.2, 0.25) is 0 Å². The summed E-state index contributed by atoms with van der Waals surface area (Å²) in [6, 6.07) is 0. The van der Waals surface area contributed by atoms with Crippen LogP contribution in [0, 0.1) is 0 Å². The second kappa shape index (κ2) is 34.5. The van der Waals surface area contributed by atoms with E-state index < -0.39 is 0 Å². The molecule has 0 heterocycles. The van der Waals surface area contributed by atoms with E-state index in [-0.39, 0.29) is 74.4 Å². The summed E-state index contributed by atoms with van der Waals surface area (Å²) in [4.78, 5) is 0. The van der Waals surface area contributed by atoms with Gasteiger partial charge in [-0.2, -0.15) is 0 Å². The van der Waals surface area contributed by atoms with Gasteiger partial charge in [-0.3, -0.25) is 10.5 Å². The van der Waals surface area contributed by atoms with E-state index in [9.17, 15) is 0 Å². The quantitative estimate of drug-likeness (QED) is 0.190. The molecule has 0 bridgehead atoms. The van der Waals surface area contributed by atoms with Crippen molar-refractivity contribution >= 4 is 12.4 Å². The van der Waals surface area contributed by atoms with Crippen LogP contribution < -0.4 is 59.1 Å². The molecule has 0 aromatic carbocycles. The van der Waals surface area contributed by atoms with E-state index in [0.29, 0.717) is 0 Å². The second-order valence-electron chi connectivity index (χ2n) is 0. The molecule has 5 heavy (non-hydrogen) atoms. The van der Waals surface area contributed by atoms with Gasteiger partial charge in [0.05, 0.1) is 0 Å². The molecule has 0 amide bonds. The van der Waals surface area contributed by atoms with E-state index in [1.807, 2.05) is 0 Å². The van der Waals surface area contributed by atoms with E-state index in [4.69, 9.17) is 10.5 Å². The summed E-state index contributed by atoms with van der Waals surface area (Å²) in [6.45, 7) is 0. The van der Waals surface area contributed by atoms with E-state index in [1.165, 1.54) is 0 Å². The molecule has 0 aliphatic rings. The predicted octanol–water partition coefficient (Wildman–Crippen LogP) is -5.33. The van der Waals surface area contributed by atoms with Crippen LogP contribution in [0.15, 0.2) is 0 Å². The minimum absolute atomic E-state index is 0. The van der Waals surface area contributed by atoms with Gasteiger partial charge in [0.15, 0.2) is 0 Å². The smallest absolute Gasteiger partial charge is 1.00 e. The summed E-state index contributed by atoms with van der Waals surface area (Å²) in [5.74, 6) is 0. The van der Waals surface area contributed by atoms with E-state index in [1.54, 1.807) is 0 Å². The molecule has 0 aliphatic heterocycles. The minimum Gasteiger partial charge on any atom is -1.00 e. The van der Waals surface area contributed by atoms with E-state index in [2.05, 4.69) is 0 Å². The van der Waals surface area contributed by atoms with Crippen molar-refractivity contribution in [1.29, 1.82) is 0 Å². The third-order valence-corrected chi connectivity index (χ3v) is 0. The van der Waals surface area contributed by atoms with Crippen molar-refractivity contribution in [2.75, 3.05) is 0 Å². The maximum atomic E-state index is 6.00. The first-order chi connectivity index (χ1) is 1.00. The molecule has 0 aromatic heterocycles. The van der Waals surface area contributed by atoms with Crippen LogP contribution in [0.4, 0.5) is 0 Å². The Kier molecular flexibility index (Phi) is 186. The fraction of sp³-hybridized carbons (Fsp3) is 0. The van der Waals surface area contributed by atoms with Gasteiger partial charge in [-0.05, 0) is 0 Å². The van der Waals surface area contributed by atoms with E-state index >= 15 is 0 Å². The van der Waals surface area contributed by atoms with Crippen LogP contribution in [-0.2, 0) is 0 Å². The van der Waals surface area contributed by atoms with Crippen LogP contribution in [0.5, 0.6) is 0 Å². The van der Waals surface area contributed by atoms with Gasteiger partial charge < -0.3 is 2.85 Å². The Labute approximate surface area is 83.8 Å². The number of hydrogen-bond donors (Lipinski definition) is 2. The Morgan fingerprint density at radius 1 is 1.00 bits per heavy atom. The molecular formula is H5ClNa2O2. The number of rotatable bonds is 0. The maximum Gasteiger partial charge on any atom is 1.00 e. The fourth-order valence-corrected chi connectivity index (χ4v) is 0. The Morgan fingerprint density at radius 3 is 1.00 bits per heavy atom. The molecule has 0 fully saturated rings. The molecular weight excluding hydrogens is 113 g/mol. The Balaban J connectivity index is -0.000000000500. The summed E-state index contributed by atoms with van der Waals surface area (Å²) >= 11 is 0. The maximum absolute atomic E-state index is 6.00. The molecule has 26 valence electrons. The van der Waals surface area contributed by atoms with Gasteiger partial charge >= 0.3 is 59.1 Å². The molecule has 0 atom stereocenters. The number of hydrogen-bond acceptors (Lipinski definition) is 2. The average Bonchev–Trinajstić information content (AvgIpc) is 1.00. The first-order valence-corrected chi connectivity index (χ1v) is 0.200. The van der Waals surface area contributed by atoms with Gasteiger partial charge in [0.1, 0.15) is 0 Å². The largest absolute Gasteiger partial charge is 1.00 e. The fourth-order valence-electron chi connectivity index (χ4n) is 0. The van der Waals surface area contributed by atoms with Crippen LogP contribution in [0.1, 0.15) is 2.85 Å². The van der Waals surface area contributed by atoms with Crippen molar-refractivity contribution in [1.82, 2.24) is 0 Å². The SMILES string of the molecule is Cl.OO.[H-].[H-].[Na+].[Na+]. The molecule has 0 aromatic rings. The summed E-state index contributed by atoms with van der Waals surface area (Å²) < 4.78 is 0. The van der Waals surface area contributed by atoms with Crippen molar-refractivity contribution < 1.29 is 72.5 Å². The van der Waals surface area contributed by atoms with E-state index in [0.717, 1.165) is 0 Å². The molecule has 0 spiro atoms. The summed E-state index contributed by atoms with van der Waals surface area (Å²) in [6.07, 6.45) is 0. The van der Waals surface area contributed by atoms with Crippen LogP contribution in [0.25, 0.3) is 0 Å². The summed E-state index contributed by atoms with van der Waals surface area (Å²) in [5, 5.41) is 12.0. The zero-order valence-electron chi connectivity index (χ0n) is 5.30. The molecule has 0 aliphatic carbocycles. The molecule has 2 nitrogen and oxygen atoms in total. The Morgan fingerprint density at radius 2 is 1.00 bits per heavy atom. The first-order valence-electron chi connectivity index (χ1n) is 0.200. The van der Waals surface area contributed by atoms with Gasteiger partial charge in [0, 0.05) is 0 Å². The number of halogens is 1. The third kappa shape index (κ3) is 22.5. The van der Waals surface area contributed by atoms with Crippen molar-refractivity contribution in [3.05, 3.63) is 0 Å². The topological polar surface area (TPSA) is 40.5 Å². The molecule has 0 saturated carbocycles. The van der Waals surface area contributed by atoms with Crippen molar-refractivity contribution in [3.63, 3.8) is 0 Å². The summed E-state index contributed by atoms with van der Waals surface area (Å²) in [5.41, 5.74) is 0. The predicted molar refractivity (Wildman–Crippen MR) is 14.7 cm³/mol. The molecule has 0 radical (unpaired) electrons. The zero-order valence-corrected chi connectivity index (χ0v) is 8.12. The third-order valence-electron chi connectivity index (χ3n) is 0. The first kappa shape index (κ1) is 27.0. The van der Waals surface area contributed by atoms with Gasteiger partial charge in [-0.15, -0.1) is 12.4 Å². The zero-order chi connectivity index (χ0) is 2.00. The molecule has 5 heteroatoms. The molecule has 0 unspecified atom stereocenters.